The van der Waals surface area contributed by atoms with Crippen LogP contribution in [-0.4, -0.2) is 54.0 Å². The summed E-state index contributed by atoms with van der Waals surface area (Å²) >= 11 is 0. The summed E-state index contributed by atoms with van der Waals surface area (Å²) < 4.78 is 13.5. The van der Waals surface area contributed by atoms with Crippen molar-refractivity contribution in [2.24, 2.45) is 7.05 Å². The van der Waals surface area contributed by atoms with E-state index in [0.717, 1.165) is 58.1 Å². The van der Waals surface area contributed by atoms with Crippen LogP contribution >= 0.6 is 0 Å². The fraction of sp³-hybridized carbons (Fsp3) is 0.273. The molecule has 4 aromatic rings. The van der Waals surface area contributed by atoms with Crippen LogP contribution in [0.1, 0.15) is 0 Å². The Balaban J connectivity index is 1.72. The molecule has 7 nitrogen and oxygen atoms in total. The molecule has 7 heteroatoms. The number of furan rings is 1. The number of anilines is 1. The number of methoxy groups -OCH3 is 1. The lowest BCUT2D eigenvalue weighted by molar-refractivity contribution is 0.414. The van der Waals surface area contributed by atoms with Crippen LogP contribution in [0, 0.1) is 0 Å². The quantitative estimate of drug-likeness (QED) is 0.516. The summed E-state index contributed by atoms with van der Waals surface area (Å²) in [6.45, 7) is 1.78. The lowest BCUT2D eigenvalue weighted by Crippen LogP contribution is -2.20. The second-order valence-electron chi connectivity index (χ2n) is 7.27. The van der Waals surface area contributed by atoms with E-state index < -0.39 is 0 Å². The summed E-state index contributed by atoms with van der Waals surface area (Å²) in [5.41, 5.74) is 5.46. The molecule has 29 heavy (non-hydrogen) atoms. The largest absolute Gasteiger partial charge is 0.497 e. The number of likely N-dealkylation sites (N-methyl/N-ethyl adjacent to an activating group) is 1. The maximum Gasteiger partial charge on any atom is 0.161 e. The molecule has 0 radical (unpaired) electrons. The van der Waals surface area contributed by atoms with Crippen LogP contribution in [-0.2, 0) is 7.05 Å². The Morgan fingerprint density at radius 2 is 2.03 bits per heavy atom. The van der Waals surface area contributed by atoms with Crippen molar-refractivity contribution in [2.45, 2.75) is 0 Å². The van der Waals surface area contributed by atoms with Crippen LogP contribution in [0.5, 0.6) is 5.75 Å². The van der Waals surface area contributed by atoms with Gasteiger partial charge in [-0.15, -0.1) is 0 Å². The number of benzene rings is 1. The molecular weight excluding hydrogens is 366 g/mol. The van der Waals surface area contributed by atoms with Crippen LogP contribution in [0.15, 0.2) is 53.3 Å². The van der Waals surface area contributed by atoms with Crippen molar-refractivity contribution in [3.8, 4) is 28.2 Å². The lowest BCUT2D eigenvalue weighted by atomic mass is 10.1. The summed E-state index contributed by atoms with van der Waals surface area (Å²) in [5.74, 6) is 1.52. The number of fused-ring (bicyclic) bond motifs is 1. The number of nitrogens with one attached hydrogen (secondary N) is 1. The van der Waals surface area contributed by atoms with Crippen molar-refractivity contribution in [3.63, 3.8) is 0 Å². The van der Waals surface area contributed by atoms with Crippen LogP contribution in [0.2, 0.25) is 0 Å². The Bertz CT molecular complexity index is 1130. The minimum atomic E-state index is 0.749. The predicted molar refractivity (Wildman–Crippen MR) is 115 cm³/mol. The topological polar surface area (TPSA) is 68.3 Å². The molecule has 0 aliphatic heterocycles. The zero-order valence-electron chi connectivity index (χ0n) is 17.1. The normalized spacial score (nSPS) is 11.3. The standard InChI is InChI=1S/C22H25N5O2/c1-26(2)8-7-23-17-9-15(10-18(11-17)28-4)21-12-20-22(29-21)19(5-6-24-20)16-13-25-27(3)14-16/h5-6,9-14,23H,7-8H2,1-4H3. The SMILES string of the molecule is COc1cc(NCCN(C)C)cc(-c2cc3nccc(-c4cnn(C)c4)c3o2)c1. The molecule has 150 valence electrons. The average molecular weight is 391 g/mol. The van der Waals surface area contributed by atoms with Gasteiger partial charge in [-0.25, -0.2) is 0 Å². The zero-order valence-corrected chi connectivity index (χ0v) is 17.1. The van der Waals surface area contributed by atoms with E-state index >= 15 is 0 Å². The number of aryl methyl sites for hydroxylation is 1. The summed E-state index contributed by atoms with van der Waals surface area (Å²) in [6.07, 6.45) is 5.59. The highest BCUT2D eigenvalue weighted by Gasteiger charge is 2.14. The number of nitrogens with zero attached hydrogens (tertiary/aromatic N) is 4. The van der Waals surface area contributed by atoms with E-state index in [9.17, 15) is 0 Å². The molecule has 3 aromatic heterocycles. The molecular formula is C22H25N5O2. The van der Waals surface area contributed by atoms with Gasteiger partial charge in [-0.1, -0.05) is 0 Å². The second-order valence-corrected chi connectivity index (χ2v) is 7.27. The van der Waals surface area contributed by atoms with Gasteiger partial charge < -0.3 is 19.4 Å². The molecule has 0 unspecified atom stereocenters. The van der Waals surface area contributed by atoms with E-state index in [2.05, 4.69) is 40.5 Å². The first kappa shape index (κ1) is 19.0. The highest BCUT2D eigenvalue weighted by Crippen LogP contribution is 2.35. The van der Waals surface area contributed by atoms with E-state index in [4.69, 9.17) is 9.15 Å². The van der Waals surface area contributed by atoms with E-state index in [1.54, 1.807) is 18.0 Å². The van der Waals surface area contributed by atoms with Gasteiger partial charge in [0.15, 0.2) is 5.58 Å². The molecule has 0 fully saturated rings. The molecule has 3 heterocycles. The minimum Gasteiger partial charge on any atom is -0.497 e. The fourth-order valence-electron chi connectivity index (χ4n) is 3.25. The van der Waals surface area contributed by atoms with E-state index in [0.29, 0.717) is 0 Å². The molecule has 0 aliphatic carbocycles. The van der Waals surface area contributed by atoms with Crippen LogP contribution in [0.25, 0.3) is 33.6 Å². The molecule has 0 atom stereocenters. The molecule has 1 N–H and O–H groups in total. The van der Waals surface area contributed by atoms with Gasteiger partial charge in [-0.05, 0) is 32.3 Å². The van der Waals surface area contributed by atoms with E-state index in [1.807, 2.05) is 43.7 Å². The third-order valence-electron chi connectivity index (χ3n) is 4.74. The number of ether oxygens (including phenoxy) is 1. The number of hydrogen-bond acceptors (Lipinski definition) is 6. The molecule has 0 aliphatic rings. The number of hydrogen-bond donors (Lipinski definition) is 1. The maximum atomic E-state index is 6.26. The first-order valence-corrected chi connectivity index (χ1v) is 9.49. The minimum absolute atomic E-state index is 0.749. The lowest BCUT2D eigenvalue weighted by Gasteiger charge is -2.13. The number of pyridine rings is 1. The van der Waals surface area contributed by atoms with Gasteiger partial charge in [0.1, 0.15) is 17.0 Å². The molecule has 0 amide bonds. The number of aromatic nitrogens is 3. The van der Waals surface area contributed by atoms with Gasteiger partial charge in [0, 0.05) is 67.0 Å². The Morgan fingerprint density at radius 1 is 1.17 bits per heavy atom. The van der Waals surface area contributed by atoms with Gasteiger partial charge in [0.05, 0.1) is 13.3 Å². The summed E-state index contributed by atoms with van der Waals surface area (Å²) in [4.78, 5) is 6.62. The van der Waals surface area contributed by atoms with Gasteiger partial charge in [-0.3, -0.25) is 9.67 Å². The monoisotopic (exact) mass is 391 g/mol. The van der Waals surface area contributed by atoms with Crippen molar-refractivity contribution < 1.29 is 9.15 Å². The highest BCUT2D eigenvalue weighted by atomic mass is 16.5. The van der Waals surface area contributed by atoms with Crippen LogP contribution in [0.4, 0.5) is 5.69 Å². The predicted octanol–water partition coefficient (Wildman–Crippen LogP) is 3.88. The Labute approximate surface area is 169 Å². The van der Waals surface area contributed by atoms with Crippen molar-refractivity contribution in [1.82, 2.24) is 19.7 Å². The molecule has 0 bridgehead atoms. The molecule has 0 saturated carbocycles. The average Bonchev–Trinajstić information content (AvgIpc) is 3.33. The first-order chi connectivity index (χ1) is 14.0. The van der Waals surface area contributed by atoms with Crippen LogP contribution in [0.3, 0.4) is 0 Å². The smallest absolute Gasteiger partial charge is 0.161 e. The molecule has 4 rings (SSSR count). The summed E-state index contributed by atoms with van der Waals surface area (Å²) in [7, 11) is 7.68. The third kappa shape index (κ3) is 4.09. The Kier molecular flexibility index (Phi) is 5.22. The van der Waals surface area contributed by atoms with Crippen molar-refractivity contribution in [3.05, 3.63) is 48.9 Å². The maximum absolute atomic E-state index is 6.26. The Hall–Kier alpha value is -3.32. The molecule has 0 saturated heterocycles. The number of rotatable bonds is 7. The van der Waals surface area contributed by atoms with Crippen LogP contribution < -0.4 is 10.1 Å². The van der Waals surface area contributed by atoms with E-state index in [1.165, 1.54) is 0 Å². The fourth-order valence-corrected chi connectivity index (χ4v) is 3.25. The van der Waals surface area contributed by atoms with Gasteiger partial charge in [0.2, 0.25) is 0 Å². The van der Waals surface area contributed by atoms with Crippen molar-refractivity contribution in [2.75, 3.05) is 39.6 Å². The Morgan fingerprint density at radius 3 is 2.76 bits per heavy atom. The summed E-state index contributed by atoms with van der Waals surface area (Å²) in [6, 6.07) is 9.94. The van der Waals surface area contributed by atoms with Gasteiger partial charge in [-0.2, -0.15) is 5.10 Å². The second kappa shape index (κ2) is 7.97. The van der Waals surface area contributed by atoms with Gasteiger partial charge in [0.25, 0.3) is 0 Å². The third-order valence-corrected chi connectivity index (χ3v) is 4.74. The van der Waals surface area contributed by atoms with E-state index in [-0.39, 0.29) is 0 Å². The molecule has 1 aromatic carbocycles. The zero-order chi connectivity index (χ0) is 20.4. The van der Waals surface area contributed by atoms with Crippen molar-refractivity contribution >= 4 is 16.8 Å². The summed E-state index contributed by atoms with van der Waals surface area (Å²) in [5, 5.41) is 7.71. The first-order valence-electron chi connectivity index (χ1n) is 9.49. The van der Waals surface area contributed by atoms with Crippen molar-refractivity contribution in [1.29, 1.82) is 0 Å². The van der Waals surface area contributed by atoms with Gasteiger partial charge >= 0.3 is 0 Å². The molecule has 0 spiro atoms. The highest BCUT2D eigenvalue weighted by molar-refractivity contribution is 5.92.